The predicted octanol–water partition coefficient (Wildman–Crippen LogP) is 6.26. The molecule has 4 heteroatoms. The summed E-state index contributed by atoms with van der Waals surface area (Å²) in [5, 5.41) is 1.37. The zero-order chi connectivity index (χ0) is 14.7. The lowest BCUT2D eigenvalue weighted by molar-refractivity contribution is 0.242. The molecule has 0 aliphatic rings. The molecule has 0 radical (unpaired) electrons. The smallest absolute Gasteiger partial charge is 0.119 e. The van der Waals surface area contributed by atoms with E-state index in [-0.39, 0.29) is 10.9 Å². The topological polar surface area (TPSA) is 9.23 Å². The molecule has 0 aliphatic heterocycles. The van der Waals surface area contributed by atoms with Crippen LogP contribution in [0.4, 0.5) is 0 Å². The summed E-state index contributed by atoms with van der Waals surface area (Å²) in [7, 11) is 0. The Kier molecular flexibility index (Phi) is 5.36. The van der Waals surface area contributed by atoms with Crippen LogP contribution in [0.1, 0.15) is 29.8 Å². The van der Waals surface area contributed by atoms with Crippen molar-refractivity contribution in [2.24, 2.45) is 0 Å². The second-order valence-corrected chi connectivity index (χ2v) is 6.52. The SMILES string of the molecule is CC(C)Oc1ccc(C(Br)c2cc(Cl)ccc2Cl)cc1. The van der Waals surface area contributed by atoms with Crippen LogP contribution >= 0.6 is 39.1 Å². The fourth-order valence-electron chi connectivity index (χ4n) is 1.88. The van der Waals surface area contributed by atoms with Crippen LogP contribution < -0.4 is 4.74 Å². The van der Waals surface area contributed by atoms with Crippen LogP contribution in [0.15, 0.2) is 42.5 Å². The minimum Gasteiger partial charge on any atom is -0.491 e. The van der Waals surface area contributed by atoms with E-state index in [1.165, 1.54) is 0 Å². The summed E-state index contributed by atoms with van der Waals surface area (Å²) in [6, 6.07) is 13.4. The monoisotopic (exact) mass is 372 g/mol. The van der Waals surface area contributed by atoms with Gasteiger partial charge in [-0.25, -0.2) is 0 Å². The van der Waals surface area contributed by atoms with E-state index in [0.717, 1.165) is 16.9 Å². The van der Waals surface area contributed by atoms with Crippen molar-refractivity contribution in [1.29, 1.82) is 0 Å². The summed E-state index contributed by atoms with van der Waals surface area (Å²) in [5.74, 6) is 0.862. The molecule has 0 fully saturated rings. The lowest BCUT2D eigenvalue weighted by atomic mass is 10.0. The van der Waals surface area contributed by atoms with Crippen LogP contribution in [0.25, 0.3) is 0 Å². The Hall–Kier alpha value is -0.700. The molecule has 0 saturated carbocycles. The number of halogens is 3. The lowest BCUT2D eigenvalue weighted by Crippen LogP contribution is -2.05. The average Bonchev–Trinajstić information content (AvgIpc) is 2.41. The van der Waals surface area contributed by atoms with Crippen molar-refractivity contribution in [3.8, 4) is 5.75 Å². The summed E-state index contributed by atoms with van der Waals surface area (Å²) in [6.07, 6.45) is 0.169. The van der Waals surface area contributed by atoms with Crippen molar-refractivity contribution in [2.75, 3.05) is 0 Å². The minimum absolute atomic E-state index is 0.00167. The van der Waals surface area contributed by atoms with Crippen molar-refractivity contribution >= 4 is 39.1 Å². The van der Waals surface area contributed by atoms with Gasteiger partial charge < -0.3 is 4.74 Å². The van der Waals surface area contributed by atoms with Gasteiger partial charge in [0, 0.05) is 10.0 Å². The van der Waals surface area contributed by atoms with Crippen LogP contribution in [0.3, 0.4) is 0 Å². The van der Waals surface area contributed by atoms with Crippen LogP contribution in [0, 0.1) is 0 Å². The Morgan fingerprint density at radius 3 is 2.25 bits per heavy atom. The van der Waals surface area contributed by atoms with Crippen molar-refractivity contribution in [3.05, 3.63) is 63.6 Å². The summed E-state index contributed by atoms with van der Waals surface area (Å²) in [5.41, 5.74) is 2.06. The zero-order valence-electron chi connectivity index (χ0n) is 11.2. The van der Waals surface area contributed by atoms with Crippen molar-refractivity contribution in [3.63, 3.8) is 0 Å². The Morgan fingerprint density at radius 2 is 1.65 bits per heavy atom. The maximum Gasteiger partial charge on any atom is 0.119 e. The standard InChI is InChI=1S/C16H15BrCl2O/c1-10(2)20-13-6-3-11(4-7-13)16(17)14-9-12(18)5-8-15(14)19/h3-10,16H,1-2H3. The number of alkyl halides is 1. The van der Waals surface area contributed by atoms with E-state index in [1.807, 2.05) is 50.2 Å². The van der Waals surface area contributed by atoms with Gasteiger partial charge in [0.05, 0.1) is 10.9 Å². The summed E-state index contributed by atoms with van der Waals surface area (Å²) in [6.45, 7) is 4.01. The first-order chi connectivity index (χ1) is 9.47. The Morgan fingerprint density at radius 1 is 1.00 bits per heavy atom. The second kappa shape index (κ2) is 6.84. The van der Waals surface area contributed by atoms with Gasteiger partial charge in [0.2, 0.25) is 0 Å². The maximum absolute atomic E-state index is 6.23. The first kappa shape index (κ1) is 15.7. The summed E-state index contributed by atoms with van der Waals surface area (Å²) in [4.78, 5) is 0.00167. The third-order valence-corrected chi connectivity index (χ3v) is 4.38. The van der Waals surface area contributed by atoms with Gasteiger partial charge in [-0.1, -0.05) is 51.3 Å². The Bertz CT molecular complexity index is 582. The fraction of sp³-hybridized carbons (Fsp3) is 0.250. The quantitative estimate of drug-likeness (QED) is 0.574. The van der Waals surface area contributed by atoms with Crippen LogP contribution in [-0.4, -0.2) is 6.10 Å². The number of ether oxygens (including phenoxy) is 1. The number of benzene rings is 2. The highest BCUT2D eigenvalue weighted by molar-refractivity contribution is 9.09. The number of rotatable bonds is 4. The maximum atomic E-state index is 6.23. The molecule has 0 saturated heterocycles. The van der Waals surface area contributed by atoms with Gasteiger partial charge in [0.15, 0.2) is 0 Å². The molecule has 0 N–H and O–H groups in total. The molecule has 0 aromatic heterocycles. The molecule has 20 heavy (non-hydrogen) atoms. The lowest BCUT2D eigenvalue weighted by Gasteiger charge is -2.14. The average molecular weight is 374 g/mol. The highest BCUT2D eigenvalue weighted by Gasteiger charge is 2.14. The van der Waals surface area contributed by atoms with Gasteiger partial charge in [-0.05, 0) is 55.3 Å². The highest BCUT2D eigenvalue weighted by Crippen LogP contribution is 2.37. The molecular formula is C16H15BrCl2O. The van der Waals surface area contributed by atoms with Crippen molar-refractivity contribution in [1.82, 2.24) is 0 Å². The molecule has 1 unspecified atom stereocenters. The zero-order valence-corrected chi connectivity index (χ0v) is 14.3. The predicted molar refractivity (Wildman–Crippen MR) is 89.4 cm³/mol. The van der Waals surface area contributed by atoms with Crippen molar-refractivity contribution in [2.45, 2.75) is 24.8 Å². The van der Waals surface area contributed by atoms with Gasteiger partial charge >= 0.3 is 0 Å². The van der Waals surface area contributed by atoms with E-state index in [1.54, 1.807) is 6.07 Å². The molecule has 106 valence electrons. The third kappa shape index (κ3) is 3.91. The third-order valence-electron chi connectivity index (χ3n) is 2.78. The minimum atomic E-state index is 0.00167. The summed E-state index contributed by atoms with van der Waals surface area (Å²) < 4.78 is 5.63. The van der Waals surface area contributed by atoms with Gasteiger partial charge in [-0.2, -0.15) is 0 Å². The van der Waals surface area contributed by atoms with E-state index in [4.69, 9.17) is 27.9 Å². The molecule has 1 nitrogen and oxygen atoms in total. The Balaban J connectivity index is 2.24. The number of hydrogen-bond acceptors (Lipinski definition) is 1. The van der Waals surface area contributed by atoms with E-state index in [2.05, 4.69) is 15.9 Å². The molecule has 0 heterocycles. The highest BCUT2D eigenvalue weighted by atomic mass is 79.9. The molecule has 0 amide bonds. The fourth-order valence-corrected chi connectivity index (χ4v) is 3.10. The van der Waals surface area contributed by atoms with Crippen LogP contribution in [0.5, 0.6) is 5.75 Å². The van der Waals surface area contributed by atoms with Crippen LogP contribution in [-0.2, 0) is 0 Å². The van der Waals surface area contributed by atoms with Crippen LogP contribution in [0.2, 0.25) is 10.0 Å². The largest absolute Gasteiger partial charge is 0.491 e. The van der Waals surface area contributed by atoms with E-state index >= 15 is 0 Å². The van der Waals surface area contributed by atoms with E-state index in [0.29, 0.717) is 10.0 Å². The number of hydrogen-bond donors (Lipinski definition) is 0. The molecule has 1 atom stereocenters. The van der Waals surface area contributed by atoms with Gasteiger partial charge in [-0.3, -0.25) is 0 Å². The molecule has 2 rings (SSSR count). The van der Waals surface area contributed by atoms with E-state index < -0.39 is 0 Å². The molecule has 2 aromatic carbocycles. The van der Waals surface area contributed by atoms with Gasteiger partial charge in [0.1, 0.15) is 5.75 Å². The molecule has 2 aromatic rings. The molecule has 0 aliphatic carbocycles. The first-order valence-corrected chi connectivity index (χ1v) is 8.00. The summed E-state index contributed by atoms with van der Waals surface area (Å²) >= 11 is 15.9. The second-order valence-electron chi connectivity index (χ2n) is 4.76. The van der Waals surface area contributed by atoms with E-state index in [9.17, 15) is 0 Å². The first-order valence-electron chi connectivity index (χ1n) is 6.33. The molecule has 0 bridgehead atoms. The Labute approximate surface area is 138 Å². The van der Waals surface area contributed by atoms with Gasteiger partial charge in [-0.15, -0.1) is 0 Å². The normalized spacial score (nSPS) is 12.5. The molecular weight excluding hydrogens is 359 g/mol. The molecule has 0 spiro atoms. The van der Waals surface area contributed by atoms with Crippen molar-refractivity contribution < 1.29 is 4.74 Å². The van der Waals surface area contributed by atoms with Gasteiger partial charge in [0.25, 0.3) is 0 Å².